The molecule has 0 spiro atoms. The summed E-state index contributed by atoms with van der Waals surface area (Å²) in [6, 6.07) is 12.9. The Morgan fingerprint density at radius 1 is 0.947 bits per heavy atom. The van der Waals surface area contributed by atoms with Gasteiger partial charge < -0.3 is 14.6 Å². The third-order valence-corrected chi connectivity index (χ3v) is 3.35. The Labute approximate surface area is 120 Å². The van der Waals surface area contributed by atoms with Crippen molar-refractivity contribution < 1.29 is 14.6 Å². The quantitative estimate of drug-likeness (QED) is 0.935. The maximum atomic E-state index is 10.4. The molecule has 0 heterocycles. The molecule has 0 fully saturated rings. The Balaban J connectivity index is 2.40. The molecule has 0 saturated carbocycles. The maximum Gasteiger partial charge on any atom is 0.122 e. The summed E-state index contributed by atoms with van der Waals surface area (Å²) >= 11 is 3.40. The number of benzene rings is 2. The molecule has 0 aliphatic rings. The summed E-state index contributed by atoms with van der Waals surface area (Å²) in [5.74, 6) is 1.31. The van der Waals surface area contributed by atoms with Gasteiger partial charge in [0.25, 0.3) is 0 Å². The zero-order valence-electron chi connectivity index (χ0n) is 10.8. The minimum Gasteiger partial charge on any atom is -0.497 e. The largest absolute Gasteiger partial charge is 0.497 e. The van der Waals surface area contributed by atoms with Crippen LogP contribution in [-0.2, 0) is 0 Å². The highest BCUT2D eigenvalue weighted by Crippen LogP contribution is 2.30. The normalized spacial score (nSPS) is 12.0. The van der Waals surface area contributed by atoms with Crippen molar-refractivity contribution in [1.82, 2.24) is 0 Å². The molecule has 0 aliphatic heterocycles. The molecule has 0 aromatic heterocycles. The van der Waals surface area contributed by atoms with E-state index in [1.165, 1.54) is 0 Å². The monoisotopic (exact) mass is 322 g/mol. The third-order valence-electron chi connectivity index (χ3n) is 2.85. The molecule has 1 unspecified atom stereocenters. The number of hydrogen-bond donors (Lipinski definition) is 1. The summed E-state index contributed by atoms with van der Waals surface area (Å²) in [7, 11) is 3.17. The van der Waals surface area contributed by atoms with E-state index < -0.39 is 6.10 Å². The minimum atomic E-state index is -0.721. The molecule has 2 aromatic rings. The molecule has 2 rings (SSSR count). The summed E-state index contributed by atoms with van der Waals surface area (Å²) < 4.78 is 11.3. The fourth-order valence-electron chi connectivity index (χ4n) is 1.86. The van der Waals surface area contributed by atoms with Crippen LogP contribution in [0.5, 0.6) is 11.5 Å². The van der Waals surface area contributed by atoms with Crippen LogP contribution in [0.1, 0.15) is 17.2 Å². The minimum absolute atomic E-state index is 0.656. The van der Waals surface area contributed by atoms with Crippen molar-refractivity contribution in [3.63, 3.8) is 0 Å². The summed E-state index contributed by atoms with van der Waals surface area (Å²) in [5, 5.41) is 10.4. The standard InChI is InChI=1S/C15H15BrO3/c1-18-13-7-11(8-14(9-13)19-2)15(17)10-4-3-5-12(16)6-10/h3-9,15,17H,1-2H3. The van der Waals surface area contributed by atoms with Crippen molar-refractivity contribution in [2.75, 3.05) is 14.2 Å². The zero-order chi connectivity index (χ0) is 13.8. The van der Waals surface area contributed by atoms with Gasteiger partial charge in [0.15, 0.2) is 0 Å². The first kappa shape index (κ1) is 13.9. The Morgan fingerprint density at radius 3 is 2.11 bits per heavy atom. The lowest BCUT2D eigenvalue weighted by Crippen LogP contribution is -2.01. The molecule has 0 radical (unpaired) electrons. The van der Waals surface area contributed by atoms with Crippen molar-refractivity contribution in [3.8, 4) is 11.5 Å². The van der Waals surface area contributed by atoms with Gasteiger partial charge in [0, 0.05) is 10.5 Å². The number of methoxy groups -OCH3 is 2. The smallest absolute Gasteiger partial charge is 0.122 e. The van der Waals surface area contributed by atoms with E-state index in [0.29, 0.717) is 11.5 Å². The van der Waals surface area contributed by atoms with E-state index in [-0.39, 0.29) is 0 Å². The Morgan fingerprint density at radius 2 is 1.58 bits per heavy atom. The molecule has 0 amide bonds. The molecule has 3 nitrogen and oxygen atoms in total. The molecule has 1 atom stereocenters. The molecule has 0 saturated heterocycles. The Hall–Kier alpha value is -1.52. The first-order chi connectivity index (χ1) is 9.13. The fraction of sp³-hybridized carbons (Fsp3) is 0.200. The number of ether oxygens (including phenoxy) is 2. The average molecular weight is 323 g/mol. The van der Waals surface area contributed by atoms with E-state index in [0.717, 1.165) is 15.6 Å². The molecule has 19 heavy (non-hydrogen) atoms. The van der Waals surface area contributed by atoms with Gasteiger partial charge in [0.2, 0.25) is 0 Å². The molecule has 1 N–H and O–H groups in total. The number of hydrogen-bond acceptors (Lipinski definition) is 3. The first-order valence-corrected chi connectivity index (χ1v) is 6.60. The van der Waals surface area contributed by atoms with Gasteiger partial charge in [-0.25, -0.2) is 0 Å². The lowest BCUT2D eigenvalue weighted by molar-refractivity contribution is 0.219. The second-order valence-electron chi connectivity index (χ2n) is 4.10. The Kier molecular flexibility index (Phi) is 4.45. The fourth-order valence-corrected chi connectivity index (χ4v) is 2.27. The highest BCUT2D eigenvalue weighted by molar-refractivity contribution is 9.10. The highest BCUT2D eigenvalue weighted by atomic mass is 79.9. The zero-order valence-corrected chi connectivity index (χ0v) is 12.3. The van der Waals surface area contributed by atoms with Crippen LogP contribution in [0.2, 0.25) is 0 Å². The SMILES string of the molecule is COc1cc(OC)cc(C(O)c2cccc(Br)c2)c1. The third kappa shape index (κ3) is 3.28. The number of halogens is 1. The van der Waals surface area contributed by atoms with Gasteiger partial charge in [0.1, 0.15) is 17.6 Å². The van der Waals surface area contributed by atoms with Crippen LogP contribution in [0.15, 0.2) is 46.9 Å². The number of aliphatic hydroxyl groups excluding tert-OH is 1. The molecule has 0 bridgehead atoms. The Bertz CT molecular complexity index is 547. The van der Waals surface area contributed by atoms with Crippen molar-refractivity contribution in [1.29, 1.82) is 0 Å². The van der Waals surface area contributed by atoms with Gasteiger partial charge in [-0.3, -0.25) is 0 Å². The van der Waals surface area contributed by atoms with Gasteiger partial charge in [-0.1, -0.05) is 28.1 Å². The summed E-state index contributed by atoms with van der Waals surface area (Å²) in [4.78, 5) is 0. The number of rotatable bonds is 4. The van der Waals surface area contributed by atoms with Crippen LogP contribution in [0.25, 0.3) is 0 Å². The van der Waals surface area contributed by atoms with Crippen LogP contribution < -0.4 is 9.47 Å². The van der Waals surface area contributed by atoms with E-state index in [4.69, 9.17) is 9.47 Å². The van der Waals surface area contributed by atoms with Crippen molar-refractivity contribution in [3.05, 3.63) is 58.1 Å². The topological polar surface area (TPSA) is 38.7 Å². The predicted octanol–water partition coefficient (Wildman–Crippen LogP) is 3.55. The van der Waals surface area contributed by atoms with Gasteiger partial charge >= 0.3 is 0 Å². The van der Waals surface area contributed by atoms with Crippen molar-refractivity contribution in [2.24, 2.45) is 0 Å². The van der Waals surface area contributed by atoms with Crippen LogP contribution in [0.4, 0.5) is 0 Å². The van der Waals surface area contributed by atoms with Gasteiger partial charge in [-0.15, -0.1) is 0 Å². The summed E-state index contributed by atoms with van der Waals surface area (Å²) in [5.41, 5.74) is 1.54. The lowest BCUT2D eigenvalue weighted by atomic mass is 10.0. The van der Waals surface area contributed by atoms with Crippen LogP contribution in [0.3, 0.4) is 0 Å². The molecule has 2 aromatic carbocycles. The van der Waals surface area contributed by atoms with Crippen LogP contribution in [0, 0.1) is 0 Å². The van der Waals surface area contributed by atoms with E-state index >= 15 is 0 Å². The molecular formula is C15H15BrO3. The van der Waals surface area contributed by atoms with Crippen LogP contribution in [-0.4, -0.2) is 19.3 Å². The second kappa shape index (κ2) is 6.08. The highest BCUT2D eigenvalue weighted by Gasteiger charge is 2.13. The van der Waals surface area contributed by atoms with E-state index in [1.54, 1.807) is 32.4 Å². The predicted molar refractivity (Wildman–Crippen MR) is 77.7 cm³/mol. The van der Waals surface area contributed by atoms with Crippen molar-refractivity contribution >= 4 is 15.9 Å². The van der Waals surface area contributed by atoms with E-state index in [1.807, 2.05) is 24.3 Å². The summed E-state index contributed by atoms with van der Waals surface area (Å²) in [6.45, 7) is 0. The van der Waals surface area contributed by atoms with Gasteiger partial charge in [0.05, 0.1) is 14.2 Å². The number of aliphatic hydroxyl groups is 1. The molecule has 0 aliphatic carbocycles. The van der Waals surface area contributed by atoms with Crippen LogP contribution >= 0.6 is 15.9 Å². The van der Waals surface area contributed by atoms with E-state index in [9.17, 15) is 5.11 Å². The lowest BCUT2D eigenvalue weighted by Gasteiger charge is -2.14. The average Bonchev–Trinajstić information content (AvgIpc) is 2.45. The van der Waals surface area contributed by atoms with E-state index in [2.05, 4.69) is 15.9 Å². The first-order valence-electron chi connectivity index (χ1n) is 5.80. The molecule has 4 heteroatoms. The van der Waals surface area contributed by atoms with Gasteiger partial charge in [-0.2, -0.15) is 0 Å². The van der Waals surface area contributed by atoms with Gasteiger partial charge in [-0.05, 0) is 35.4 Å². The summed E-state index contributed by atoms with van der Waals surface area (Å²) in [6.07, 6.45) is -0.721. The maximum absolute atomic E-state index is 10.4. The molecule has 100 valence electrons. The second-order valence-corrected chi connectivity index (χ2v) is 5.02. The van der Waals surface area contributed by atoms with Crippen molar-refractivity contribution in [2.45, 2.75) is 6.10 Å². The molecular weight excluding hydrogens is 308 g/mol.